The molecule has 0 N–H and O–H groups in total. The highest BCUT2D eigenvalue weighted by Gasteiger charge is 1.97. The molecule has 2 rings (SSSR count). The minimum Gasteiger partial charge on any atom is -0.494 e. The van der Waals surface area contributed by atoms with E-state index in [9.17, 15) is 0 Å². The van der Waals surface area contributed by atoms with Crippen LogP contribution in [0.3, 0.4) is 0 Å². The van der Waals surface area contributed by atoms with Crippen molar-refractivity contribution >= 4 is 15.9 Å². The minimum atomic E-state index is 0.571. The van der Waals surface area contributed by atoms with E-state index in [1.165, 1.54) is 0 Å². The minimum absolute atomic E-state index is 0.571. The number of benzene rings is 2. The van der Waals surface area contributed by atoms with Gasteiger partial charge < -0.3 is 9.47 Å². The van der Waals surface area contributed by atoms with Gasteiger partial charge >= 0.3 is 0 Å². The van der Waals surface area contributed by atoms with Gasteiger partial charge in [-0.15, -0.1) is 0 Å². The first kappa shape index (κ1) is 13.0. The van der Waals surface area contributed by atoms with Crippen LogP contribution in [0.4, 0.5) is 0 Å². The Morgan fingerprint density at radius 2 is 1.39 bits per heavy atom. The van der Waals surface area contributed by atoms with Crippen LogP contribution in [0.5, 0.6) is 11.5 Å². The van der Waals surface area contributed by atoms with Crippen LogP contribution in [0.25, 0.3) is 0 Å². The second-order valence-corrected chi connectivity index (χ2v) is 4.74. The summed E-state index contributed by atoms with van der Waals surface area (Å²) in [5.41, 5.74) is 1.15. The van der Waals surface area contributed by atoms with E-state index in [1.807, 2.05) is 55.5 Å². The quantitative estimate of drug-likeness (QED) is 0.813. The van der Waals surface area contributed by atoms with Crippen LogP contribution in [0.1, 0.15) is 12.5 Å². The molecule has 3 heteroatoms. The second-order valence-electron chi connectivity index (χ2n) is 3.82. The Morgan fingerprint density at radius 3 is 1.94 bits per heavy atom. The summed E-state index contributed by atoms with van der Waals surface area (Å²) >= 11 is 3.41. The summed E-state index contributed by atoms with van der Waals surface area (Å²) in [5, 5.41) is 0. The summed E-state index contributed by atoms with van der Waals surface area (Å²) in [6.07, 6.45) is 0. The Labute approximate surface area is 116 Å². The van der Waals surface area contributed by atoms with Gasteiger partial charge in [-0.1, -0.05) is 28.1 Å². The Balaban J connectivity index is 1.91. The molecule has 0 fully saturated rings. The molecule has 0 saturated carbocycles. The Hall–Kier alpha value is -1.48. The lowest BCUT2D eigenvalue weighted by Crippen LogP contribution is -1.95. The number of hydrogen-bond acceptors (Lipinski definition) is 2. The zero-order valence-corrected chi connectivity index (χ0v) is 11.8. The maximum absolute atomic E-state index is 5.69. The smallest absolute Gasteiger partial charge is 0.120 e. The van der Waals surface area contributed by atoms with Crippen molar-refractivity contribution in [3.63, 3.8) is 0 Å². The molecule has 0 bridgehead atoms. The molecule has 0 unspecified atom stereocenters. The van der Waals surface area contributed by atoms with Gasteiger partial charge in [-0.3, -0.25) is 0 Å². The topological polar surface area (TPSA) is 18.5 Å². The van der Waals surface area contributed by atoms with Crippen molar-refractivity contribution in [1.82, 2.24) is 0 Å². The molecule has 0 aliphatic heterocycles. The van der Waals surface area contributed by atoms with Crippen LogP contribution in [0.2, 0.25) is 0 Å². The molecule has 2 aromatic carbocycles. The SMILES string of the molecule is CCOc1ccc(OCc2ccc(Br)cc2)cc1. The molecule has 0 radical (unpaired) electrons. The molecule has 94 valence electrons. The van der Waals surface area contributed by atoms with Crippen LogP contribution in [0.15, 0.2) is 53.0 Å². The van der Waals surface area contributed by atoms with Crippen molar-refractivity contribution in [2.75, 3.05) is 6.61 Å². The highest BCUT2D eigenvalue weighted by atomic mass is 79.9. The standard InChI is InChI=1S/C15H15BrO2/c1-2-17-14-7-9-15(10-8-14)18-11-12-3-5-13(16)6-4-12/h3-10H,2,11H2,1H3. The van der Waals surface area contributed by atoms with E-state index in [2.05, 4.69) is 15.9 Å². The van der Waals surface area contributed by atoms with Gasteiger partial charge in [-0.2, -0.15) is 0 Å². The number of rotatable bonds is 5. The van der Waals surface area contributed by atoms with Crippen molar-refractivity contribution in [2.24, 2.45) is 0 Å². The maximum Gasteiger partial charge on any atom is 0.120 e. The van der Waals surface area contributed by atoms with Crippen molar-refractivity contribution in [2.45, 2.75) is 13.5 Å². The van der Waals surface area contributed by atoms with Crippen molar-refractivity contribution in [1.29, 1.82) is 0 Å². The van der Waals surface area contributed by atoms with Gasteiger partial charge in [0.15, 0.2) is 0 Å². The molecule has 0 atom stereocenters. The summed E-state index contributed by atoms with van der Waals surface area (Å²) in [6, 6.07) is 15.8. The van der Waals surface area contributed by atoms with E-state index >= 15 is 0 Å². The lowest BCUT2D eigenvalue weighted by Gasteiger charge is -2.07. The zero-order valence-electron chi connectivity index (χ0n) is 10.2. The van der Waals surface area contributed by atoms with Crippen LogP contribution < -0.4 is 9.47 Å². The van der Waals surface area contributed by atoms with Gasteiger partial charge in [-0.05, 0) is 48.9 Å². The second kappa shape index (κ2) is 6.45. The fourth-order valence-electron chi connectivity index (χ4n) is 1.55. The van der Waals surface area contributed by atoms with Gasteiger partial charge in [0.05, 0.1) is 6.61 Å². The first-order valence-corrected chi connectivity index (χ1v) is 6.67. The van der Waals surface area contributed by atoms with E-state index in [0.717, 1.165) is 21.5 Å². The predicted molar refractivity (Wildman–Crippen MR) is 76.1 cm³/mol. The van der Waals surface area contributed by atoms with Crippen molar-refractivity contribution < 1.29 is 9.47 Å². The van der Waals surface area contributed by atoms with Gasteiger partial charge in [0.1, 0.15) is 18.1 Å². The molecule has 0 heterocycles. The largest absolute Gasteiger partial charge is 0.494 e. The Bertz CT molecular complexity index is 477. The van der Waals surface area contributed by atoms with Crippen LogP contribution in [0, 0.1) is 0 Å². The lowest BCUT2D eigenvalue weighted by atomic mass is 10.2. The fraction of sp³-hybridized carbons (Fsp3) is 0.200. The summed E-state index contributed by atoms with van der Waals surface area (Å²) in [6.45, 7) is 3.22. The van der Waals surface area contributed by atoms with Gasteiger partial charge in [-0.25, -0.2) is 0 Å². The van der Waals surface area contributed by atoms with Crippen LogP contribution in [-0.4, -0.2) is 6.61 Å². The highest BCUT2D eigenvalue weighted by Crippen LogP contribution is 2.19. The number of ether oxygens (including phenoxy) is 2. The average molecular weight is 307 g/mol. The number of hydrogen-bond donors (Lipinski definition) is 0. The van der Waals surface area contributed by atoms with E-state index in [1.54, 1.807) is 0 Å². The molecule has 0 aliphatic rings. The van der Waals surface area contributed by atoms with Crippen LogP contribution >= 0.6 is 15.9 Å². The van der Waals surface area contributed by atoms with Crippen LogP contribution in [-0.2, 0) is 6.61 Å². The number of halogens is 1. The highest BCUT2D eigenvalue weighted by molar-refractivity contribution is 9.10. The lowest BCUT2D eigenvalue weighted by molar-refractivity contribution is 0.304. The van der Waals surface area contributed by atoms with E-state index in [4.69, 9.17) is 9.47 Å². The zero-order chi connectivity index (χ0) is 12.8. The molecular formula is C15H15BrO2. The molecule has 0 aromatic heterocycles. The third-order valence-corrected chi connectivity index (χ3v) is 2.98. The third kappa shape index (κ3) is 3.77. The maximum atomic E-state index is 5.69. The molecule has 0 spiro atoms. The Kier molecular flexibility index (Phi) is 4.65. The molecule has 0 saturated heterocycles. The van der Waals surface area contributed by atoms with Gasteiger partial charge in [0.2, 0.25) is 0 Å². The predicted octanol–water partition coefficient (Wildman–Crippen LogP) is 4.43. The van der Waals surface area contributed by atoms with E-state index in [0.29, 0.717) is 13.2 Å². The first-order valence-electron chi connectivity index (χ1n) is 5.88. The summed E-state index contributed by atoms with van der Waals surface area (Å²) in [4.78, 5) is 0. The molecule has 2 nitrogen and oxygen atoms in total. The van der Waals surface area contributed by atoms with E-state index < -0.39 is 0 Å². The molecule has 0 aliphatic carbocycles. The van der Waals surface area contributed by atoms with Crippen molar-refractivity contribution in [3.8, 4) is 11.5 Å². The Morgan fingerprint density at radius 1 is 0.833 bits per heavy atom. The summed E-state index contributed by atoms with van der Waals surface area (Å²) < 4.78 is 12.1. The first-order chi connectivity index (χ1) is 8.78. The molecule has 0 amide bonds. The molecule has 2 aromatic rings. The molecule has 18 heavy (non-hydrogen) atoms. The summed E-state index contributed by atoms with van der Waals surface area (Å²) in [7, 11) is 0. The normalized spacial score (nSPS) is 10.1. The van der Waals surface area contributed by atoms with Gasteiger partial charge in [0.25, 0.3) is 0 Å². The third-order valence-electron chi connectivity index (χ3n) is 2.45. The fourth-order valence-corrected chi connectivity index (χ4v) is 1.81. The molecular weight excluding hydrogens is 292 g/mol. The van der Waals surface area contributed by atoms with Crippen molar-refractivity contribution in [3.05, 3.63) is 58.6 Å². The van der Waals surface area contributed by atoms with Gasteiger partial charge in [0, 0.05) is 4.47 Å². The summed E-state index contributed by atoms with van der Waals surface area (Å²) in [5.74, 6) is 1.72. The monoisotopic (exact) mass is 306 g/mol. The average Bonchev–Trinajstić information content (AvgIpc) is 2.40. The van der Waals surface area contributed by atoms with E-state index in [-0.39, 0.29) is 0 Å².